The molecular formula is C14H18N4O2S. The van der Waals surface area contributed by atoms with Crippen molar-refractivity contribution in [3.63, 3.8) is 0 Å². The minimum atomic E-state index is -3.49. The first-order chi connectivity index (χ1) is 10.1. The molecule has 0 unspecified atom stereocenters. The van der Waals surface area contributed by atoms with Crippen LogP contribution in [0.2, 0.25) is 0 Å². The summed E-state index contributed by atoms with van der Waals surface area (Å²) in [5.74, 6) is 0. The van der Waals surface area contributed by atoms with E-state index in [1.807, 2.05) is 18.2 Å². The van der Waals surface area contributed by atoms with Crippen molar-refractivity contribution < 1.29 is 8.42 Å². The molecule has 0 spiro atoms. The van der Waals surface area contributed by atoms with E-state index in [9.17, 15) is 8.42 Å². The third kappa shape index (κ3) is 2.72. The van der Waals surface area contributed by atoms with Crippen LogP contribution in [-0.2, 0) is 29.5 Å². The Bertz CT molecular complexity index is 739. The van der Waals surface area contributed by atoms with Gasteiger partial charge >= 0.3 is 0 Å². The first kappa shape index (κ1) is 14.2. The van der Waals surface area contributed by atoms with Crippen LogP contribution in [0, 0.1) is 0 Å². The first-order valence-corrected chi connectivity index (χ1v) is 8.35. The SMILES string of the molecule is NCCn1cc(S(=O)(=O)N2CCc3ccccc3C2)cn1. The summed E-state index contributed by atoms with van der Waals surface area (Å²) in [6.07, 6.45) is 3.68. The summed E-state index contributed by atoms with van der Waals surface area (Å²) in [5, 5.41) is 4.04. The second-order valence-electron chi connectivity index (χ2n) is 5.09. The van der Waals surface area contributed by atoms with E-state index in [0.717, 1.165) is 12.0 Å². The average molecular weight is 306 g/mol. The quantitative estimate of drug-likeness (QED) is 0.896. The highest BCUT2D eigenvalue weighted by atomic mass is 32.2. The van der Waals surface area contributed by atoms with Gasteiger partial charge in [-0.05, 0) is 17.5 Å². The molecule has 0 fully saturated rings. The van der Waals surface area contributed by atoms with Gasteiger partial charge in [0.15, 0.2) is 0 Å². The van der Waals surface area contributed by atoms with Crippen LogP contribution in [0.15, 0.2) is 41.6 Å². The van der Waals surface area contributed by atoms with Gasteiger partial charge in [0.05, 0.1) is 12.7 Å². The number of benzene rings is 1. The van der Waals surface area contributed by atoms with E-state index in [1.54, 1.807) is 10.9 Å². The normalized spacial score (nSPS) is 15.9. The van der Waals surface area contributed by atoms with Crippen molar-refractivity contribution in [2.24, 2.45) is 5.73 Å². The highest BCUT2D eigenvalue weighted by Gasteiger charge is 2.29. The number of hydrogen-bond acceptors (Lipinski definition) is 4. The third-order valence-electron chi connectivity index (χ3n) is 3.70. The molecule has 1 aliphatic rings. The predicted molar refractivity (Wildman–Crippen MR) is 79.0 cm³/mol. The average Bonchev–Trinajstić information content (AvgIpc) is 2.96. The summed E-state index contributed by atoms with van der Waals surface area (Å²) >= 11 is 0. The molecule has 7 heteroatoms. The summed E-state index contributed by atoms with van der Waals surface area (Å²) in [4.78, 5) is 0.232. The molecule has 0 bridgehead atoms. The second kappa shape index (κ2) is 5.59. The van der Waals surface area contributed by atoms with Crippen molar-refractivity contribution in [3.8, 4) is 0 Å². The molecule has 0 saturated carbocycles. The van der Waals surface area contributed by atoms with Gasteiger partial charge in [-0.3, -0.25) is 4.68 Å². The van der Waals surface area contributed by atoms with E-state index < -0.39 is 10.0 Å². The standard InChI is InChI=1S/C14H18N4O2S/c15-6-8-17-11-14(9-16-17)21(19,20)18-7-5-12-3-1-2-4-13(12)10-18/h1-4,9,11H,5-8,10,15H2. The lowest BCUT2D eigenvalue weighted by molar-refractivity contribution is 0.391. The lowest BCUT2D eigenvalue weighted by Gasteiger charge is -2.27. The Hall–Kier alpha value is -1.70. The smallest absolute Gasteiger partial charge is 0.246 e. The van der Waals surface area contributed by atoms with Crippen molar-refractivity contribution in [1.82, 2.24) is 14.1 Å². The number of nitrogens with zero attached hydrogens (tertiary/aromatic N) is 3. The van der Waals surface area contributed by atoms with Crippen LogP contribution >= 0.6 is 0 Å². The van der Waals surface area contributed by atoms with Gasteiger partial charge in [0, 0.05) is 25.8 Å². The van der Waals surface area contributed by atoms with Gasteiger partial charge in [-0.1, -0.05) is 24.3 Å². The number of nitrogens with two attached hydrogens (primary N) is 1. The van der Waals surface area contributed by atoms with Gasteiger partial charge in [-0.15, -0.1) is 0 Å². The zero-order valence-electron chi connectivity index (χ0n) is 11.6. The molecule has 2 heterocycles. The Morgan fingerprint density at radius 2 is 2.00 bits per heavy atom. The van der Waals surface area contributed by atoms with E-state index >= 15 is 0 Å². The van der Waals surface area contributed by atoms with E-state index in [1.165, 1.54) is 16.1 Å². The van der Waals surface area contributed by atoms with Gasteiger partial charge in [0.2, 0.25) is 10.0 Å². The predicted octanol–water partition coefficient (Wildman–Crippen LogP) is 0.589. The Morgan fingerprint density at radius 1 is 1.24 bits per heavy atom. The highest BCUT2D eigenvalue weighted by Crippen LogP contribution is 2.24. The maximum absolute atomic E-state index is 12.7. The topological polar surface area (TPSA) is 81.2 Å². The van der Waals surface area contributed by atoms with Gasteiger partial charge in [0.25, 0.3) is 0 Å². The number of fused-ring (bicyclic) bond motifs is 1. The highest BCUT2D eigenvalue weighted by molar-refractivity contribution is 7.89. The number of aromatic nitrogens is 2. The molecule has 0 radical (unpaired) electrons. The Labute approximate surface area is 124 Å². The van der Waals surface area contributed by atoms with Crippen LogP contribution in [0.5, 0.6) is 0 Å². The van der Waals surface area contributed by atoms with Crippen LogP contribution in [0.4, 0.5) is 0 Å². The van der Waals surface area contributed by atoms with Crippen LogP contribution in [-0.4, -0.2) is 35.6 Å². The third-order valence-corrected chi connectivity index (χ3v) is 5.50. The molecule has 0 saturated heterocycles. The largest absolute Gasteiger partial charge is 0.329 e. The number of hydrogen-bond donors (Lipinski definition) is 1. The molecular weight excluding hydrogens is 288 g/mol. The van der Waals surface area contributed by atoms with Crippen molar-refractivity contribution in [3.05, 3.63) is 47.8 Å². The minimum absolute atomic E-state index is 0.232. The molecule has 3 rings (SSSR count). The monoisotopic (exact) mass is 306 g/mol. The van der Waals surface area contributed by atoms with Gasteiger partial charge in [-0.25, -0.2) is 8.42 Å². The van der Waals surface area contributed by atoms with Crippen LogP contribution in [0.3, 0.4) is 0 Å². The molecule has 112 valence electrons. The maximum Gasteiger partial charge on any atom is 0.246 e. The van der Waals surface area contributed by atoms with E-state index in [-0.39, 0.29) is 4.90 Å². The fourth-order valence-electron chi connectivity index (χ4n) is 2.56. The first-order valence-electron chi connectivity index (χ1n) is 6.91. The fraction of sp³-hybridized carbons (Fsp3) is 0.357. The van der Waals surface area contributed by atoms with Gasteiger partial charge < -0.3 is 5.73 Å². The Kier molecular flexibility index (Phi) is 3.79. The summed E-state index contributed by atoms with van der Waals surface area (Å²) < 4.78 is 28.4. The molecule has 21 heavy (non-hydrogen) atoms. The minimum Gasteiger partial charge on any atom is -0.329 e. The van der Waals surface area contributed by atoms with E-state index in [4.69, 9.17) is 5.73 Å². The summed E-state index contributed by atoms with van der Waals surface area (Å²) in [6.45, 7) is 1.86. The van der Waals surface area contributed by atoms with Crippen LogP contribution in [0.1, 0.15) is 11.1 Å². The maximum atomic E-state index is 12.7. The van der Waals surface area contributed by atoms with Crippen LogP contribution in [0.25, 0.3) is 0 Å². The molecule has 0 aliphatic carbocycles. The lowest BCUT2D eigenvalue weighted by atomic mass is 10.0. The summed E-state index contributed by atoms with van der Waals surface area (Å²) in [5.41, 5.74) is 7.75. The Morgan fingerprint density at radius 3 is 2.76 bits per heavy atom. The molecule has 2 aromatic rings. The molecule has 0 amide bonds. The van der Waals surface area contributed by atoms with Crippen molar-refractivity contribution in [2.75, 3.05) is 13.1 Å². The summed E-state index contributed by atoms with van der Waals surface area (Å²) in [6, 6.07) is 7.96. The van der Waals surface area contributed by atoms with Crippen molar-refractivity contribution >= 4 is 10.0 Å². The molecule has 1 aliphatic heterocycles. The van der Waals surface area contributed by atoms with Gasteiger partial charge in [-0.2, -0.15) is 9.40 Å². The van der Waals surface area contributed by atoms with Crippen molar-refractivity contribution in [1.29, 1.82) is 0 Å². The van der Waals surface area contributed by atoms with E-state index in [0.29, 0.717) is 26.2 Å². The van der Waals surface area contributed by atoms with Gasteiger partial charge in [0.1, 0.15) is 4.90 Å². The molecule has 1 aromatic heterocycles. The zero-order valence-corrected chi connectivity index (χ0v) is 12.5. The number of rotatable bonds is 4. The molecule has 1 aromatic carbocycles. The fourth-order valence-corrected chi connectivity index (χ4v) is 3.93. The molecule has 2 N–H and O–H groups in total. The van der Waals surface area contributed by atoms with E-state index in [2.05, 4.69) is 11.2 Å². The zero-order chi connectivity index (χ0) is 14.9. The van der Waals surface area contributed by atoms with Crippen LogP contribution < -0.4 is 5.73 Å². The molecule has 0 atom stereocenters. The Balaban J connectivity index is 1.85. The molecule has 6 nitrogen and oxygen atoms in total. The summed E-state index contributed by atoms with van der Waals surface area (Å²) in [7, 11) is -3.49. The second-order valence-corrected chi connectivity index (χ2v) is 7.02. The number of sulfonamides is 1. The van der Waals surface area contributed by atoms with Crippen molar-refractivity contribution in [2.45, 2.75) is 24.4 Å². The lowest BCUT2D eigenvalue weighted by Crippen LogP contribution is -2.35.